The predicted molar refractivity (Wildman–Crippen MR) is 73.5 cm³/mol. The summed E-state index contributed by atoms with van der Waals surface area (Å²) in [7, 11) is -1.40. The molecule has 2 N–H and O–H groups in total. The molecule has 0 saturated carbocycles. The van der Waals surface area contributed by atoms with E-state index in [1.54, 1.807) is 23.9 Å². The van der Waals surface area contributed by atoms with Gasteiger partial charge in [-0.15, -0.1) is 11.8 Å². The first kappa shape index (κ1) is 12.2. The molecular weight excluding hydrogens is 231 g/mol. The second-order valence-corrected chi connectivity index (χ2v) is 4.60. The summed E-state index contributed by atoms with van der Waals surface area (Å²) in [5.74, 6) is 0. The van der Waals surface area contributed by atoms with Crippen LogP contribution < -0.4 is 5.46 Å². The molecule has 0 aliphatic carbocycles. The average Bonchev–Trinajstić information content (AvgIpc) is 2.39. The van der Waals surface area contributed by atoms with Gasteiger partial charge in [0.05, 0.1) is 0 Å². The molecule has 0 aromatic heterocycles. The van der Waals surface area contributed by atoms with Gasteiger partial charge in [-0.3, -0.25) is 0 Å². The lowest BCUT2D eigenvalue weighted by Crippen LogP contribution is -2.29. The fraction of sp³-hybridized carbons (Fsp3) is 0.0769. The van der Waals surface area contributed by atoms with E-state index in [1.807, 2.05) is 18.4 Å². The molecule has 0 heterocycles. The fourth-order valence-electron chi connectivity index (χ4n) is 1.63. The maximum absolute atomic E-state index is 9.01. The molecule has 0 bridgehead atoms. The highest BCUT2D eigenvalue weighted by atomic mass is 32.2. The first-order valence-electron chi connectivity index (χ1n) is 5.31. The molecule has 17 heavy (non-hydrogen) atoms. The maximum atomic E-state index is 9.01. The second-order valence-electron chi connectivity index (χ2n) is 3.72. The third kappa shape index (κ3) is 2.91. The summed E-state index contributed by atoms with van der Waals surface area (Å²) in [6, 6.07) is 15.5. The van der Waals surface area contributed by atoms with Crippen molar-refractivity contribution in [2.75, 3.05) is 6.26 Å². The Balaban J connectivity index is 2.26. The summed E-state index contributed by atoms with van der Waals surface area (Å²) >= 11 is 1.71. The van der Waals surface area contributed by atoms with Crippen molar-refractivity contribution in [3.63, 3.8) is 0 Å². The number of benzene rings is 2. The molecule has 0 amide bonds. The summed E-state index contributed by atoms with van der Waals surface area (Å²) in [6.45, 7) is 0. The molecule has 0 saturated heterocycles. The molecule has 86 valence electrons. The minimum absolute atomic E-state index is 0.509. The number of rotatable bonds is 3. The first-order chi connectivity index (χ1) is 8.20. The Morgan fingerprint density at radius 3 is 1.71 bits per heavy atom. The molecule has 2 nitrogen and oxygen atoms in total. The van der Waals surface area contributed by atoms with Crippen LogP contribution in [0.4, 0.5) is 0 Å². The van der Waals surface area contributed by atoms with Crippen LogP contribution in [-0.2, 0) is 0 Å². The van der Waals surface area contributed by atoms with Crippen molar-refractivity contribution in [1.29, 1.82) is 0 Å². The van der Waals surface area contributed by atoms with Gasteiger partial charge < -0.3 is 10.0 Å². The lowest BCUT2D eigenvalue weighted by molar-refractivity contribution is 0.426. The van der Waals surface area contributed by atoms with Gasteiger partial charge in [-0.25, -0.2) is 0 Å². The minimum Gasteiger partial charge on any atom is -0.423 e. The molecule has 2 aromatic rings. The Morgan fingerprint density at radius 2 is 1.29 bits per heavy atom. The summed E-state index contributed by atoms with van der Waals surface area (Å²) in [6.07, 6.45) is 2.05. The molecular formula is C13H13BO2S. The van der Waals surface area contributed by atoms with Gasteiger partial charge in [0.1, 0.15) is 0 Å². The van der Waals surface area contributed by atoms with Crippen molar-refractivity contribution in [2.45, 2.75) is 4.90 Å². The molecule has 0 aliphatic heterocycles. The van der Waals surface area contributed by atoms with E-state index in [9.17, 15) is 0 Å². The Morgan fingerprint density at radius 1 is 0.824 bits per heavy atom. The summed E-state index contributed by atoms with van der Waals surface area (Å²) in [4.78, 5) is 1.23. The summed E-state index contributed by atoms with van der Waals surface area (Å²) in [5, 5.41) is 18.0. The minimum atomic E-state index is -1.40. The van der Waals surface area contributed by atoms with E-state index in [2.05, 4.69) is 24.3 Å². The van der Waals surface area contributed by atoms with E-state index >= 15 is 0 Å². The van der Waals surface area contributed by atoms with Crippen molar-refractivity contribution < 1.29 is 10.0 Å². The topological polar surface area (TPSA) is 40.5 Å². The molecule has 0 unspecified atom stereocenters. The molecule has 0 radical (unpaired) electrons. The van der Waals surface area contributed by atoms with Crippen molar-refractivity contribution in [2.24, 2.45) is 0 Å². The number of thioether (sulfide) groups is 1. The smallest absolute Gasteiger partial charge is 0.423 e. The van der Waals surface area contributed by atoms with Crippen LogP contribution in [0.3, 0.4) is 0 Å². The van der Waals surface area contributed by atoms with E-state index in [1.165, 1.54) is 4.90 Å². The molecule has 4 heteroatoms. The first-order valence-corrected chi connectivity index (χ1v) is 6.53. The largest absolute Gasteiger partial charge is 0.488 e. The van der Waals surface area contributed by atoms with Crippen LogP contribution in [0.2, 0.25) is 0 Å². The lowest BCUT2D eigenvalue weighted by atomic mass is 9.80. The SMILES string of the molecule is CSc1ccc(-c2ccc(B(O)O)cc2)cc1. The Bertz CT molecular complexity index is 480. The van der Waals surface area contributed by atoms with Crippen LogP contribution in [0.1, 0.15) is 0 Å². The van der Waals surface area contributed by atoms with E-state index < -0.39 is 7.12 Å². The van der Waals surface area contributed by atoms with E-state index in [0.717, 1.165) is 11.1 Å². The predicted octanol–water partition coefficient (Wildman–Crippen LogP) is 1.76. The van der Waals surface area contributed by atoms with Gasteiger partial charge in [-0.1, -0.05) is 36.4 Å². The van der Waals surface area contributed by atoms with Crippen molar-refractivity contribution in [1.82, 2.24) is 0 Å². The van der Waals surface area contributed by atoms with Crippen LogP contribution in [0, 0.1) is 0 Å². The quantitative estimate of drug-likeness (QED) is 0.638. The molecule has 2 aromatic carbocycles. The Kier molecular flexibility index (Phi) is 3.89. The van der Waals surface area contributed by atoms with Gasteiger partial charge in [0.25, 0.3) is 0 Å². The Hall–Kier alpha value is -1.23. The third-order valence-corrected chi connectivity index (χ3v) is 3.38. The lowest BCUT2D eigenvalue weighted by Gasteiger charge is -2.04. The summed E-state index contributed by atoms with van der Waals surface area (Å²) < 4.78 is 0. The standard InChI is InChI=1S/C13H13BO2S/c1-17-13-8-4-11(5-9-13)10-2-6-12(7-3-10)14(15)16/h2-9,15-16H,1H3. The zero-order valence-electron chi connectivity index (χ0n) is 9.50. The zero-order chi connectivity index (χ0) is 12.3. The normalized spacial score (nSPS) is 10.3. The number of hydrogen-bond acceptors (Lipinski definition) is 3. The number of hydrogen-bond donors (Lipinski definition) is 2. The van der Waals surface area contributed by atoms with E-state index in [-0.39, 0.29) is 0 Å². The van der Waals surface area contributed by atoms with Crippen LogP contribution >= 0.6 is 11.8 Å². The van der Waals surface area contributed by atoms with Gasteiger partial charge in [0.15, 0.2) is 0 Å². The van der Waals surface area contributed by atoms with Gasteiger partial charge in [-0.05, 0) is 35.0 Å². The van der Waals surface area contributed by atoms with Gasteiger partial charge in [0, 0.05) is 4.90 Å². The highest BCUT2D eigenvalue weighted by Gasteiger charge is 2.09. The zero-order valence-corrected chi connectivity index (χ0v) is 10.3. The highest BCUT2D eigenvalue weighted by molar-refractivity contribution is 7.98. The molecule has 0 spiro atoms. The van der Waals surface area contributed by atoms with E-state index in [4.69, 9.17) is 10.0 Å². The average molecular weight is 244 g/mol. The Labute approximate surface area is 105 Å². The molecule has 0 fully saturated rings. The van der Waals surface area contributed by atoms with Crippen molar-refractivity contribution in [3.8, 4) is 11.1 Å². The van der Waals surface area contributed by atoms with Crippen LogP contribution in [0.5, 0.6) is 0 Å². The van der Waals surface area contributed by atoms with E-state index in [0.29, 0.717) is 5.46 Å². The van der Waals surface area contributed by atoms with Crippen molar-refractivity contribution >= 4 is 24.3 Å². The second kappa shape index (κ2) is 5.40. The van der Waals surface area contributed by atoms with Gasteiger partial charge in [-0.2, -0.15) is 0 Å². The van der Waals surface area contributed by atoms with Gasteiger partial charge >= 0.3 is 7.12 Å². The molecule has 2 rings (SSSR count). The maximum Gasteiger partial charge on any atom is 0.488 e. The molecule has 0 atom stereocenters. The van der Waals surface area contributed by atoms with Crippen LogP contribution in [0.25, 0.3) is 11.1 Å². The molecule has 0 aliphatic rings. The monoisotopic (exact) mass is 244 g/mol. The fourth-order valence-corrected chi connectivity index (χ4v) is 2.04. The third-order valence-electron chi connectivity index (χ3n) is 2.63. The van der Waals surface area contributed by atoms with Gasteiger partial charge in [0.2, 0.25) is 0 Å². The van der Waals surface area contributed by atoms with Crippen LogP contribution in [0.15, 0.2) is 53.4 Å². The highest BCUT2D eigenvalue weighted by Crippen LogP contribution is 2.22. The van der Waals surface area contributed by atoms with Crippen LogP contribution in [-0.4, -0.2) is 23.4 Å². The summed E-state index contributed by atoms with van der Waals surface area (Å²) in [5.41, 5.74) is 2.71. The van der Waals surface area contributed by atoms with Crippen molar-refractivity contribution in [3.05, 3.63) is 48.5 Å².